The first-order chi connectivity index (χ1) is 9.31. The molecule has 3 rings (SSSR count). The highest BCUT2D eigenvalue weighted by Crippen LogP contribution is 2.33. The highest BCUT2D eigenvalue weighted by atomic mass is 19.1. The van der Waals surface area contributed by atoms with E-state index in [9.17, 15) is 4.39 Å². The molecule has 2 heteroatoms. The summed E-state index contributed by atoms with van der Waals surface area (Å²) in [6.07, 6.45) is 0. The Kier molecular flexibility index (Phi) is 3.02. The first kappa shape index (κ1) is 11.9. The van der Waals surface area contributed by atoms with Gasteiger partial charge in [0.15, 0.2) is 0 Å². The number of halogens is 1. The van der Waals surface area contributed by atoms with E-state index < -0.39 is 0 Å². The van der Waals surface area contributed by atoms with E-state index in [0.717, 1.165) is 22.1 Å². The van der Waals surface area contributed by atoms with Crippen LogP contribution in [0, 0.1) is 5.82 Å². The van der Waals surface area contributed by atoms with Gasteiger partial charge in [-0.25, -0.2) is 4.39 Å². The van der Waals surface area contributed by atoms with Crippen molar-refractivity contribution in [3.05, 3.63) is 72.0 Å². The van der Waals surface area contributed by atoms with Crippen molar-refractivity contribution in [2.45, 2.75) is 6.54 Å². The largest absolute Gasteiger partial charge is 0.326 e. The van der Waals surface area contributed by atoms with Gasteiger partial charge in [0, 0.05) is 11.9 Å². The summed E-state index contributed by atoms with van der Waals surface area (Å²) in [5.74, 6) is -0.196. The quantitative estimate of drug-likeness (QED) is 0.729. The number of nitrogens with two attached hydrogens (primary N) is 1. The van der Waals surface area contributed by atoms with Gasteiger partial charge in [-0.3, -0.25) is 0 Å². The average Bonchev–Trinajstić information content (AvgIpc) is 2.47. The Hall–Kier alpha value is -2.19. The fourth-order valence-electron chi connectivity index (χ4n) is 2.48. The van der Waals surface area contributed by atoms with Gasteiger partial charge in [0.05, 0.1) is 0 Å². The molecule has 0 aromatic heterocycles. The monoisotopic (exact) mass is 251 g/mol. The van der Waals surface area contributed by atoms with Crippen molar-refractivity contribution in [3.8, 4) is 11.1 Å². The van der Waals surface area contributed by atoms with E-state index in [0.29, 0.717) is 11.9 Å². The molecule has 0 aliphatic heterocycles. The zero-order valence-electron chi connectivity index (χ0n) is 10.4. The Balaban J connectivity index is 2.41. The first-order valence-corrected chi connectivity index (χ1v) is 6.27. The minimum atomic E-state index is -0.196. The molecular weight excluding hydrogens is 237 g/mol. The Labute approximate surface area is 111 Å². The van der Waals surface area contributed by atoms with Crippen molar-refractivity contribution in [3.63, 3.8) is 0 Å². The van der Waals surface area contributed by atoms with E-state index in [-0.39, 0.29) is 5.82 Å². The standard InChI is InChI=1S/C17H14FN/c18-16-8-4-7-15-14(16)10-9-13(11-19)17(15)12-5-2-1-3-6-12/h1-10H,11,19H2. The Bertz CT molecular complexity index is 720. The third-order valence-corrected chi connectivity index (χ3v) is 3.38. The highest BCUT2D eigenvalue weighted by molar-refractivity contribution is 5.98. The Morgan fingerprint density at radius 3 is 2.32 bits per heavy atom. The molecule has 2 N–H and O–H groups in total. The number of benzene rings is 3. The zero-order valence-corrected chi connectivity index (χ0v) is 10.4. The highest BCUT2D eigenvalue weighted by Gasteiger charge is 2.10. The van der Waals surface area contributed by atoms with Gasteiger partial charge in [0.2, 0.25) is 0 Å². The smallest absolute Gasteiger partial charge is 0.131 e. The van der Waals surface area contributed by atoms with Crippen molar-refractivity contribution in [2.75, 3.05) is 0 Å². The fourth-order valence-corrected chi connectivity index (χ4v) is 2.48. The molecule has 0 fully saturated rings. The van der Waals surface area contributed by atoms with Crippen LogP contribution in [0.5, 0.6) is 0 Å². The van der Waals surface area contributed by atoms with Crippen LogP contribution in [0.3, 0.4) is 0 Å². The minimum absolute atomic E-state index is 0.196. The van der Waals surface area contributed by atoms with Crippen LogP contribution in [0.25, 0.3) is 21.9 Å². The molecule has 0 spiro atoms. The van der Waals surface area contributed by atoms with Gasteiger partial charge in [-0.2, -0.15) is 0 Å². The fraction of sp³-hybridized carbons (Fsp3) is 0.0588. The third-order valence-electron chi connectivity index (χ3n) is 3.38. The second-order valence-corrected chi connectivity index (χ2v) is 4.50. The molecule has 94 valence electrons. The first-order valence-electron chi connectivity index (χ1n) is 6.27. The van der Waals surface area contributed by atoms with Crippen LogP contribution < -0.4 is 5.73 Å². The van der Waals surface area contributed by atoms with Crippen molar-refractivity contribution in [2.24, 2.45) is 5.73 Å². The molecule has 3 aromatic carbocycles. The third kappa shape index (κ3) is 2.00. The molecular formula is C17H14FN. The normalized spacial score (nSPS) is 10.8. The second kappa shape index (κ2) is 4.82. The van der Waals surface area contributed by atoms with Gasteiger partial charge in [-0.15, -0.1) is 0 Å². The molecule has 0 aliphatic rings. The topological polar surface area (TPSA) is 26.0 Å². The lowest BCUT2D eigenvalue weighted by Gasteiger charge is -2.12. The van der Waals surface area contributed by atoms with E-state index in [1.165, 1.54) is 6.07 Å². The summed E-state index contributed by atoms with van der Waals surface area (Å²) >= 11 is 0. The molecule has 0 atom stereocenters. The van der Waals surface area contributed by atoms with E-state index >= 15 is 0 Å². The van der Waals surface area contributed by atoms with Gasteiger partial charge in [0.1, 0.15) is 5.82 Å². The molecule has 0 heterocycles. The van der Waals surface area contributed by atoms with E-state index in [1.54, 1.807) is 12.1 Å². The van der Waals surface area contributed by atoms with Gasteiger partial charge in [0.25, 0.3) is 0 Å². The summed E-state index contributed by atoms with van der Waals surface area (Å²) in [6, 6.07) is 18.9. The number of hydrogen-bond donors (Lipinski definition) is 1. The summed E-state index contributed by atoms with van der Waals surface area (Å²) in [5, 5.41) is 1.55. The molecule has 0 radical (unpaired) electrons. The molecule has 0 saturated heterocycles. The lowest BCUT2D eigenvalue weighted by Crippen LogP contribution is -2.00. The van der Waals surface area contributed by atoms with Crippen LogP contribution in [-0.4, -0.2) is 0 Å². The molecule has 0 unspecified atom stereocenters. The lowest BCUT2D eigenvalue weighted by molar-refractivity contribution is 0.640. The molecule has 0 amide bonds. The Morgan fingerprint density at radius 2 is 1.58 bits per heavy atom. The predicted molar refractivity (Wildman–Crippen MR) is 77.2 cm³/mol. The molecule has 3 aromatic rings. The predicted octanol–water partition coefficient (Wildman–Crippen LogP) is 4.10. The molecule has 1 nitrogen and oxygen atoms in total. The lowest BCUT2D eigenvalue weighted by atomic mass is 9.93. The van der Waals surface area contributed by atoms with Crippen LogP contribution in [-0.2, 0) is 6.54 Å². The van der Waals surface area contributed by atoms with Gasteiger partial charge in [-0.05, 0) is 28.1 Å². The zero-order chi connectivity index (χ0) is 13.2. The van der Waals surface area contributed by atoms with Gasteiger partial charge >= 0.3 is 0 Å². The van der Waals surface area contributed by atoms with Gasteiger partial charge in [-0.1, -0.05) is 54.6 Å². The van der Waals surface area contributed by atoms with Crippen molar-refractivity contribution in [1.82, 2.24) is 0 Å². The number of hydrogen-bond acceptors (Lipinski definition) is 1. The summed E-state index contributed by atoms with van der Waals surface area (Å²) in [6.45, 7) is 0.441. The van der Waals surface area contributed by atoms with Crippen molar-refractivity contribution >= 4 is 10.8 Å². The SMILES string of the molecule is NCc1ccc2c(F)cccc2c1-c1ccccc1. The van der Waals surface area contributed by atoms with Crippen molar-refractivity contribution < 1.29 is 4.39 Å². The van der Waals surface area contributed by atoms with Crippen LogP contribution >= 0.6 is 0 Å². The van der Waals surface area contributed by atoms with E-state index in [1.807, 2.05) is 42.5 Å². The molecule has 0 bridgehead atoms. The molecule has 0 saturated carbocycles. The summed E-state index contributed by atoms with van der Waals surface area (Å²) in [5.41, 5.74) is 8.95. The number of rotatable bonds is 2. The summed E-state index contributed by atoms with van der Waals surface area (Å²) in [4.78, 5) is 0. The van der Waals surface area contributed by atoms with Crippen LogP contribution in [0.1, 0.15) is 5.56 Å². The second-order valence-electron chi connectivity index (χ2n) is 4.50. The maximum absolute atomic E-state index is 13.9. The van der Waals surface area contributed by atoms with Crippen molar-refractivity contribution in [1.29, 1.82) is 0 Å². The van der Waals surface area contributed by atoms with Crippen LogP contribution in [0.2, 0.25) is 0 Å². The van der Waals surface area contributed by atoms with E-state index in [4.69, 9.17) is 5.73 Å². The summed E-state index contributed by atoms with van der Waals surface area (Å²) in [7, 11) is 0. The Morgan fingerprint density at radius 1 is 0.789 bits per heavy atom. The molecule has 19 heavy (non-hydrogen) atoms. The minimum Gasteiger partial charge on any atom is -0.326 e. The van der Waals surface area contributed by atoms with Crippen LogP contribution in [0.4, 0.5) is 4.39 Å². The molecule has 0 aliphatic carbocycles. The average molecular weight is 251 g/mol. The maximum Gasteiger partial charge on any atom is 0.131 e. The summed E-state index contributed by atoms with van der Waals surface area (Å²) < 4.78 is 13.9. The van der Waals surface area contributed by atoms with E-state index in [2.05, 4.69) is 0 Å². The maximum atomic E-state index is 13.9. The van der Waals surface area contributed by atoms with Gasteiger partial charge < -0.3 is 5.73 Å². The number of fused-ring (bicyclic) bond motifs is 1. The van der Waals surface area contributed by atoms with Crippen LogP contribution in [0.15, 0.2) is 60.7 Å².